The highest BCUT2D eigenvalue weighted by molar-refractivity contribution is 8.14. The van der Waals surface area contributed by atoms with Crippen LogP contribution in [0.5, 0.6) is 0 Å². The molecule has 1 amide bonds. The van der Waals surface area contributed by atoms with Gasteiger partial charge in [0.15, 0.2) is 5.17 Å². The van der Waals surface area contributed by atoms with E-state index in [1.807, 2.05) is 11.8 Å². The second-order valence-corrected chi connectivity index (χ2v) is 7.20. The number of hydrogen-bond acceptors (Lipinski definition) is 4. The van der Waals surface area contributed by atoms with Crippen LogP contribution in [-0.4, -0.2) is 46.9 Å². The van der Waals surface area contributed by atoms with Gasteiger partial charge < -0.3 is 10.2 Å². The van der Waals surface area contributed by atoms with E-state index in [1.54, 1.807) is 11.8 Å². The summed E-state index contributed by atoms with van der Waals surface area (Å²) in [4.78, 5) is 18.7. The van der Waals surface area contributed by atoms with Gasteiger partial charge in [0, 0.05) is 18.3 Å². The highest BCUT2D eigenvalue weighted by Gasteiger charge is 2.26. The van der Waals surface area contributed by atoms with Crippen LogP contribution in [0.1, 0.15) is 40.0 Å². The van der Waals surface area contributed by atoms with Gasteiger partial charge in [-0.25, -0.2) is 0 Å². The van der Waals surface area contributed by atoms with Crippen LogP contribution in [0.2, 0.25) is 0 Å². The van der Waals surface area contributed by atoms with Crippen molar-refractivity contribution in [2.75, 3.05) is 19.6 Å². The van der Waals surface area contributed by atoms with Crippen LogP contribution in [0.4, 0.5) is 0 Å². The fraction of sp³-hybridized carbons (Fsp3) is 0.857. The van der Waals surface area contributed by atoms with Gasteiger partial charge in [-0.2, -0.15) is 0 Å². The molecule has 2 atom stereocenters. The predicted molar refractivity (Wildman–Crippen MR) is 81.5 cm³/mol. The fourth-order valence-electron chi connectivity index (χ4n) is 2.60. The Morgan fingerprint density at radius 2 is 2.11 bits per heavy atom. The number of carbonyl (C=O) groups is 1. The lowest BCUT2D eigenvalue weighted by molar-refractivity contribution is -0.131. The first kappa shape index (κ1) is 14.7. The molecule has 108 valence electrons. The third kappa shape index (κ3) is 4.13. The van der Waals surface area contributed by atoms with E-state index in [2.05, 4.69) is 24.2 Å². The zero-order valence-corrected chi connectivity index (χ0v) is 13.0. The number of likely N-dealkylation sites (tertiary alicyclic amines) is 1. The van der Waals surface area contributed by atoms with Gasteiger partial charge in [0.2, 0.25) is 5.91 Å². The summed E-state index contributed by atoms with van der Waals surface area (Å²) in [6.45, 7) is 9.15. The highest BCUT2D eigenvalue weighted by Crippen LogP contribution is 2.25. The number of carbonyl (C=O) groups excluding carboxylic acids is 1. The third-order valence-electron chi connectivity index (χ3n) is 3.58. The normalized spacial score (nSPS) is 24.7. The lowest BCUT2D eigenvalue weighted by Gasteiger charge is -2.21. The molecule has 1 saturated heterocycles. The summed E-state index contributed by atoms with van der Waals surface area (Å²) in [6, 6.07) is -0.151. The minimum atomic E-state index is -0.151. The van der Waals surface area contributed by atoms with Crippen molar-refractivity contribution in [2.45, 2.75) is 51.3 Å². The largest absolute Gasteiger partial charge is 0.353 e. The minimum Gasteiger partial charge on any atom is -0.353 e. The van der Waals surface area contributed by atoms with E-state index in [-0.39, 0.29) is 11.9 Å². The van der Waals surface area contributed by atoms with E-state index >= 15 is 0 Å². The number of aliphatic imine (C=N–C) groups is 1. The Morgan fingerprint density at radius 3 is 2.74 bits per heavy atom. The molecule has 0 aromatic heterocycles. The molecule has 0 aromatic carbocycles. The first-order valence-corrected chi connectivity index (χ1v) is 8.20. The predicted octanol–water partition coefficient (Wildman–Crippen LogP) is 2.10. The van der Waals surface area contributed by atoms with Crippen molar-refractivity contribution < 1.29 is 4.79 Å². The Morgan fingerprint density at radius 1 is 1.42 bits per heavy atom. The van der Waals surface area contributed by atoms with Gasteiger partial charge >= 0.3 is 0 Å². The molecule has 0 bridgehead atoms. The van der Waals surface area contributed by atoms with Gasteiger partial charge in [-0.15, -0.1) is 0 Å². The quantitative estimate of drug-likeness (QED) is 0.859. The Balaban J connectivity index is 1.76. The molecule has 0 aromatic rings. The molecule has 5 heteroatoms. The van der Waals surface area contributed by atoms with Gasteiger partial charge in [-0.1, -0.05) is 25.6 Å². The van der Waals surface area contributed by atoms with Crippen molar-refractivity contribution >= 4 is 22.8 Å². The van der Waals surface area contributed by atoms with Gasteiger partial charge in [0.25, 0.3) is 0 Å². The number of amidine groups is 1. The van der Waals surface area contributed by atoms with E-state index in [9.17, 15) is 4.79 Å². The van der Waals surface area contributed by atoms with Crippen molar-refractivity contribution in [3.8, 4) is 0 Å². The van der Waals surface area contributed by atoms with Crippen LogP contribution in [0.3, 0.4) is 0 Å². The number of thioether (sulfide) groups is 1. The van der Waals surface area contributed by atoms with Crippen LogP contribution in [0.25, 0.3) is 0 Å². The van der Waals surface area contributed by atoms with Crippen molar-refractivity contribution in [3.05, 3.63) is 0 Å². The van der Waals surface area contributed by atoms with E-state index in [4.69, 9.17) is 0 Å². The van der Waals surface area contributed by atoms with Gasteiger partial charge in [-0.05, 0) is 32.1 Å². The third-order valence-corrected chi connectivity index (χ3v) is 4.72. The minimum absolute atomic E-state index is 0.151. The second-order valence-electron chi connectivity index (χ2n) is 5.91. The summed E-state index contributed by atoms with van der Waals surface area (Å²) in [5.74, 6) is 0.920. The molecular formula is C14H25N3OS. The average molecular weight is 283 g/mol. The average Bonchev–Trinajstić information content (AvgIpc) is 2.98. The van der Waals surface area contributed by atoms with E-state index in [1.165, 1.54) is 6.42 Å². The fourth-order valence-corrected chi connectivity index (χ4v) is 3.94. The van der Waals surface area contributed by atoms with Crippen molar-refractivity contribution in [1.29, 1.82) is 0 Å². The number of nitrogens with zero attached hydrogens (tertiary/aromatic N) is 2. The maximum absolute atomic E-state index is 12.2. The molecule has 19 heavy (non-hydrogen) atoms. The number of amides is 1. The Kier molecular flexibility index (Phi) is 5.13. The molecule has 2 heterocycles. The highest BCUT2D eigenvalue weighted by atomic mass is 32.2. The van der Waals surface area contributed by atoms with Gasteiger partial charge in [0.1, 0.15) is 6.04 Å². The summed E-state index contributed by atoms with van der Waals surface area (Å²) >= 11 is 1.80. The maximum Gasteiger partial charge on any atom is 0.244 e. The van der Waals surface area contributed by atoms with Crippen molar-refractivity contribution in [1.82, 2.24) is 10.2 Å². The van der Waals surface area contributed by atoms with Crippen LogP contribution in [0, 0.1) is 5.92 Å². The van der Waals surface area contributed by atoms with Gasteiger partial charge in [0.05, 0.1) is 6.54 Å². The summed E-state index contributed by atoms with van der Waals surface area (Å²) < 4.78 is 0. The summed E-state index contributed by atoms with van der Waals surface area (Å²) in [6.07, 6.45) is 3.48. The topological polar surface area (TPSA) is 44.7 Å². The lowest BCUT2D eigenvalue weighted by atomic mass is 10.1. The van der Waals surface area contributed by atoms with E-state index < -0.39 is 0 Å². The van der Waals surface area contributed by atoms with Gasteiger partial charge in [-0.3, -0.25) is 9.79 Å². The van der Waals surface area contributed by atoms with Crippen LogP contribution in [0.15, 0.2) is 4.99 Å². The Labute approximate surface area is 120 Å². The molecule has 2 rings (SSSR count). The molecule has 0 spiro atoms. The standard InChI is InChI=1S/C14H25N3OS/c1-10(2)8-12-9-15-14(19-12)16-11(3)13(18)17-6-4-5-7-17/h10-12H,4-9H2,1-3H3,(H,15,16). The van der Waals surface area contributed by atoms with Crippen LogP contribution < -0.4 is 5.32 Å². The molecule has 2 aliphatic heterocycles. The molecule has 4 nitrogen and oxygen atoms in total. The number of hydrogen-bond donors (Lipinski definition) is 1. The van der Waals surface area contributed by atoms with Crippen LogP contribution in [-0.2, 0) is 4.79 Å². The lowest BCUT2D eigenvalue weighted by Crippen LogP contribution is -2.45. The Hall–Kier alpha value is -0.710. The monoisotopic (exact) mass is 283 g/mol. The molecule has 1 fully saturated rings. The molecule has 0 radical (unpaired) electrons. The summed E-state index contributed by atoms with van der Waals surface area (Å²) in [5.41, 5.74) is 0. The SMILES string of the molecule is CC(C)CC1CN=C(NC(C)C(=O)N2CCCC2)S1. The molecular weight excluding hydrogens is 258 g/mol. The smallest absolute Gasteiger partial charge is 0.244 e. The summed E-state index contributed by atoms with van der Waals surface area (Å²) in [7, 11) is 0. The maximum atomic E-state index is 12.2. The molecule has 2 aliphatic rings. The zero-order valence-electron chi connectivity index (χ0n) is 12.2. The summed E-state index contributed by atoms with van der Waals surface area (Å²) in [5, 5.41) is 4.81. The second kappa shape index (κ2) is 6.64. The first-order chi connectivity index (χ1) is 9.06. The first-order valence-electron chi connectivity index (χ1n) is 7.32. The molecule has 2 unspecified atom stereocenters. The van der Waals surface area contributed by atoms with Crippen molar-refractivity contribution in [3.63, 3.8) is 0 Å². The van der Waals surface area contributed by atoms with E-state index in [0.29, 0.717) is 11.2 Å². The molecule has 0 aliphatic carbocycles. The van der Waals surface area contributed by atoms with Crippen LogP contribution >= 0.6 is 11.8 Å². The van der Waals surface area contributed by atoms with E-state index in [0.717, 1.165) is 37.6 Å². The van der Waals surface area contributed by atoms with Crippen molar-refractivity contribution in [2.24, 2.45) is 10.9 Å². The zero-order chi connectivity index (χ0) is 13.8. The molecule has 0 saturated carbocycles. The Bertz CT molecular complexity index is 351. The molecule has 1 N–H and O–H groups in total. The number of rotatable bonds is 4. The number of nitrogens with one attached hydrogen (secondary N) is 1.